The maximum absolute atomic E-state index is 14.3. The lowest BCUT2D eigenvalue weighted by Gasteiger charge is -2.10. The molecule has 1 aromatic carbocycles. The van der Waals surface area contributed by atoms with Crippen LogP contribution in [-0.4, -0.2) is 28.0 Å². The highest BCUT2D eigenvalue weighted by molar-refractivity contribution is 6.10. The minimum Gasteiger partial charge on any atom is -0.481 e. The molecule has 0 saturated heterocycles. The number of carbonyl (C=O) groups excluding carboxylic acids is 1. The Morgan fingerprint density at radius 2 is 1.75 bits per heavy atom. The molecule has 0 bridgehead atoms. The molecule has 0 spiro atoms. The van der Waals surface area contributed by atoms with Crippen molar-refractivity contribution in [3.8, 4) is 0 Å². The number of anilines is 1. The maximum Gasteiger partial charge on any atom is 0.303 e. The topological polar surface area (TPSA) is 71.3 Å². The van der Waals surface area contributed by atoms with E-state index >= 15 is 0 Å². The number of hydrogen-bond donors (Lipinski definition) is 2. The molecule has 1 heterocycles. The molecule has 0 atom stereocenters. The summed E-state index contributed by atoms with van der Waals surface area (Å²) in [6.07, 6.45) is 8.89. The van der Waals surface area contributed by atoms with Crippen LogP contribution in [0.2, 0.25) is 0 Å². The highest BCUT2D eigenvalue weighted by atomic mass is 19.1. The van der Waals surface area contributed by atoms with Gasteiger partial charge in [-0.05, 0) is 49.9 Å². The van der Waals surface area contributed by atoms with E-state index in [0.717, 1.165) is 24.2 Å². The van der Waals surface area contributed by atoms with Gasteiger partial charge in [-0.25, -0.2) is 4.39 Å². The number of aliphatic carboxylic acids is 1. The van der Waals surface area contributed by atoms with Gasteiger partial charge in [-0.2, -0.15) is 0 Å². The van der Waals surface area contributed by atoms with E-state index in [0.29, 0.717) is 42.6 Å². The summed E-state index contributed by atoms with van der Waals surface area (Å²) < 4.78 is 16.3. The third-order valence-corrected chi connectivity index (χ3v) is 5.93. The Balaban J connectivity index is 2.09. The van der Waals surface area contributed by atoms with Gasteiger partial charge in [-0.3, -0.25) is 9.59 Å². The molecule has 176 valence electrons. The average molecular weight is 445 g/mol. The van der Waals surface area contributed by atoms with Crippen LogP contribution in [0.15, 0.2) is 24.3 Å². The van der Waals surface area contributed by atoms with Gasteiger partial charge < -0.3 is 15.0 Å². The van der Waals surface area contributed by atoms with E-state index < -0.39 is 5.97 Å². The fraction of sp³-hybridized carbons (Fsp3) is 0.538. The predicted octanol–water partition coefficient (Wildman–Crippen LogP) is 6.14. The third kappa shape index (κ3) is 7.21. The molecule has 0 unspecified atom stereocenters. The Bertz CT molecular complexity index is 905. The number of halogens is 1. The zero-order valence-electron chi connectivity index (χ0n) is 19.7. The highest BCUT2D eigenvalue weighted by Gasteiger charge is 2.20. The van der Waals surface area contributed by atoms with E-state index in [9.17, 15) is 14.0 Å². The molecule has 6 heteroatoms. The van der Waals surface area contributed by atoms with Gasteiger partial charge >= 0.3 is 5.97 Å². The van der Waals surface area contributed by atoms with Crippen LogP contribution in [0.25, 0.3) is 0 Å². The zero-order valence-corrected chi connectivity index (χ0v) is 19.7. The molecule has 0 aliphatic carbocycles. The van der Waals surface area contributed by atoms with Crippen LogP contribution in [0.1, 0.15) is 92.5 Å². The van der Waals surface area contributed by atoms with Crippen LogP contribution < -0.4 is 5.32 Å². The first-order chi connectivity index (χ1) is 15.4. The van der Waals surface area contributed by atoms with Gasteiger partial charge in [0, 0.05) is 42.5 Å². The minimum atomic E-state index is -0.821. The Kier molecular flexibility index (Phi) is 10.4. The normalized spacial score (nSPS) is 11.0. The molecule has 0 fully saturated rings. The lowest BCUT2D eigenvalue weighted by molar-refractivity contribution is -0.137. The Morgan fingerprint density at radius 1 is 1.03 bits per heavy atom. The molecule has 0 amide bonds. The van der Waals surface area contributed by atoms with Crippen molar-refractivity contribution in [2.75, 3.05) is 11.9 Å². The molecular formula is C26H37FN2O3. The smallest absolute Gasteiger partial charge is 0.303 e. The van der Waals surface area contributed by atoms with E-state index in [1.54, 1.807) is 6.07 Å². The summed E-state index contributed by atoms with van der Waals surface area (Å²) in [5.74, 6) is -1.31. The van der Waals surface area contributed by atoms with Crippen molar-refractivity contribution >= 4 is 17.4 Å². The Hall–Kier alpha value is -2.63. The van der Waals surface area contributed by atoms with Gasteiger partial charge in [-0.15, -0.1) is 0 Å². The fourth-order valence-electron chi connectivity index (χ4n) is 4.07. The van der Waals surface area contributed by atoms with Crippen LogP contribution in [0.3, 0.4) is 0 Å². The largest absolute Gasteiger partial charge is 0.481 e. The Labute approximate surface area is 191 Å². The van der Waals surface area contributed by atoms with E-state index in [2.05, 4.69) is 12.2 Å². The number of unbranched alkanes of at least 4 members (excludes halogenated alkanes) is 5. The average Bonchev–Trinajstić information content (AvgIpc) is 3.08. The third-order valence-electron chi connectivity index (χ3n) is 5.93. The van der Waals surface area contributed by atoms with Crippen LogP contribution in [-0.2, 0) is 24.7 Å². The van der Waals surface area contributed by atoms with Gasteiger partial charge in [0.25, 0.3) is 0 Å². The van der Waals surface area contributed by atoms with Gasteiger partial charge in [0.1, 0.15) is 5.82 Å². The molecule has 0 aliphatic heterocycles. The molecule has 2 aromatic rings. The summed E-state index contributed by atoms with van der Waals surface area (Å²) in [5, 5.41) is 12.0. The molecule has 5 nitrogen and oxygen atoms in total. The lowest BCUT2D eigenvalue weighted by atomic mass is 10.0. The van der Waals surface area contributed by atoms with Gasteiger partial charge in [-0.1, -0.05) is 46.0 Å². The number of carbonyl (C=O) groups is 2. The van der Waals surface area contributed by atoms with Gasteiger partial charge in [0.15, 0.2) is 5.78 Å². The highest BCUT2D eigenvalue weighted by Crippen LogP contribution is 2.24. The second-order valence-corrected chi connectivity index (χ2v) is 8.37. The number of rotatable bonds is 15. The number of aromatic nitrogens is 1. The van der Waals surface area contributed by atoms with Crippen LogP contribution >= 0.6 is 0 Å². The van der Waals surface area contributed by atoms with Crippen LogP contribution in [0.5, 0.6) is 0 Å². The van der Waals surface area contributed by atoms with Crippen molar-refractivity contribution in [2.45, 2.75) is 78.1 Å². The van der Waals surface area contributed by atoms with Crippen molar-refractivity contribution in [1.29, 1.82) is 0 Å². The summed E-state index contributed by atoms with van der Waals surface area (Å²) in [4.78, 5) is 24.1. The number of ketones is 1. The quantitative estimate of drug-likeness (QED) is 0.256. The lowest BCUT2D eigenvalue weighted by Crippen LogP contribution is -2.08. The summed E-state index contributed by atoms with van der Waals surface area (Å²) >= 11 is 0. The summed E-state index contributed by atoms with van der Waals surface area (Å²) in [6.45, 7) is 4.86. The predicted molar refractivity (Wildman–Crippen MR) is 127 cm³/mol. The molecule has 32 heavy (non-hydrogen) atoms. The summed E-state index contributed by atoms with van der Waals surface area (Å²) in [6, 6.07) is 6.34. The first-order valence-electron chi connectivity index (χ1n) is 11.9. The number of carboxylic acid groups (broad SMARTS) is 1. The van der Waals surface area contributed by atoms with Crippen LogP contribution in [0, 0.1) is 5.82 Å². The molecule has 0 saturated carbocycles. The second kappa shape index (κ2) is 13.0. The van der Waals surface area contributed by atoms with Gasteiger partial charge in [0.05, 0.1) is 5.69 Å². The number of benzene rings is 1. The Morgan fingerprint density at radius 3 is 2.44 bits per heavy atom. The molecular weight excluding hydrogens is 407 g/mol. The molecule has 2 N–H and O–H groups in total. The van der Waals surface area contributed by atoms with Crippen molar-refractivity contribution < 1.29 is 19.1 Å². The maximum atomic E-state index is 14.3. The number of hydrogen-bond acceptors (Lipinski definition) is 3. The summed E-state index contributed by atoms with van der Waals surface area (Å²) in [5.41, 5.74) is 3.27. The number of nitrogens with zero attached hydrogens (tertiary/aromatic N) is 1. The van der Waals surface area contributed by atoms with Gasteiger partial charge in [0.2, 0.25) is 0 Å². The number of carboxylic acids is 1. The SMILES string of the molecule is CCCCCCCCNc1cc(C(=O)c2cc(CCCC(=O)O)n(C)c2CC)ccc1F. The zero-order chi connectivity index (χ0) is 23.5. The van der Waals surface area contributed by atoms with E-state index in [4.69, 9.17) is 5.11 Å². The van der Waals surface area contributed by atoms with E-state index in [-0.39, 0.29) is 18.0 Å². The first-order valence-corrected chi connectivity index (χ1v) is 11.9. The number of aryl methyl sites for hydroxylation is 1. The first kappa shape index (κ1) is 25.6. The molecule has 0 radical (unpaired) electrons. The number of nitrogens with one attached hydrogen (secondary N) is 1. The standard InChI is InChI=1S/C26H37FN2O3/c1-4-6-7-8-9-10-16-28-23-17-19(14-15-22(23)27)26(32)21-18-20(12-11-13-25(30)31)29(3)24(21)5-2/h14-15,17-18,28H,4-13,16H2,1-3H3,(H,30,31). The monoisotopic (exact) mass is 444 g/mol. The van der Waals surface area contributed by atoms with Crippen molar-refractivity contribution in [3.63, 3.8) is 0 Å². The molecule has 0 aliphatic rings. The van der Waals surface area contributed by atoms with Crippen molar-refractivity contribution in [3.05, 3.63) is 52.6 Å². The summed E-state index contributed by atoms with van der Waals surface area (Å²) in [7, 11) is 1.91. The molecule has 2 rings (SSSR count). The molecule has 1 aromatic heterocycles. The van der Waals surface area contributed by atoms with E-state index in [1.165, 1.54) is 37.8 Å². The van der Waals surface area contributed by atoms with Crippen LogP contribution in [0.4, 0.5) is 10.1 Å². The fourth-order valence-corrected chi connectivity index (χ4v) is 4.07. The van der Waals surface area contributed by atoms with Crippen molar-refractivity contribution in [2.24, 2.45) is 7.05 Å². The van der Waals surface area contributed by atoms with Crippen molar-refractivity contribution in [1.82, 2.24) is 4.57 Å². The van der Waals surface area contributed by atoms with E-state index in [1.807, 2.05) is 24.6 Å². The second-order valence-electron chi connectivity index (χ2n) is 8.37. The minimum absolute atomic E-state index is 0.0987.